The van der Waals surface area contributed by atoms with Gasteiger partial charge in [0.25, 0.3) is 0 Å². The largest absolute Gasteiger partial charge is 0.304 e. The predicted molar refractivity (Wildman–Crippen MR) is 101 cm³/mol. The molecule has 2 aliphatic heterocycles. The van der Waals surface area contributed by atoms with Crippen molar-refractivity contribution in [2.45, 2.75) is 46.0 Å². The van der Waals surface area contributed by atoms with Gasteiger partial charge >= 0.3 is 0 Å². The van der Waals surface area contributed by atoms with Crippen molar-refractivity contribution in [3.05, 3.63) is 0 Å². The van der Waals surface area contributed by atoms with Gasteiger partial charge in [0.05, 0.1) is 0 Å². The fourth-order valence-electron chi connectivity index (χ4n) is 6.13. The summed E-state index contributed by atoms with van der Waals surface area (Å²) in [7, 11) is 2.27. The maximum absolute atomic E-state index is 2.89. The fourth-order valence-corrected chi connectivity index (χ4v) is 6.13. The van der Waals surface area contributed by atoms with Crippen LogP contribution < -0.4 is 0 Å². The fraction of sp³-hybridized carbons (Fsp3) is 1.00. The molecule has 3 atom stereocenters. The standard InChI is InChI=1S/C21H39N3/c1-17(2)12-21(6-7-21)16-24-13-18-4-5-19(14-24)20(18)15-23-10-8-22(3)9-11-23/h17-20H,4-16H2,1-3H3/t18-,19+,20-. The van der Waals surface area contributed by atoms with Crippen LogP contribution in [0.1, 0.15) is 46.0 Å². The van der Waals surface area contributed by atoms with E-state index in [1.807, 2.05) is 0 Å². The van der Waals surface area contributed by atoms with E-state index < -0.39 is 0 Å². The molecule has 0 unspecified atom stereocenters. The second kappa shape index (κ2) is 6.89. The minimum absolute atomic E-state index is 0.720. The average molecular weight is 334 g/mol. The molecule has 4 rings (SSSR count). The van der Waals surface area contributed by atoms with Crippen LogP contribution in [0.15, 0.2) is 0 Å². The summed E-state index contributed by atoms with van der Waals surface area (Å²) >= 11 is 0. The zero-order valence-electron chi connectivity index (χ0n) is 16.3. The Labute approximate surface area is 149 Å². The average Bonchev–Trinajstić information content (AvgIpc) is 3.22. The van der Waals surface area contributed by atoms with Crippen LogP contribution in [0.5, 0.6) is 0 Å². The maximum atomic E-state index is 2.89. The minimum atomic E-state index is 0.720. The first-order valence-corrected chi connectivity index (χ1v) is 10.7. The van der Waals surface area contributed by atoms with Crippen LogP contribution in [-0.4, -0.2) is 74.1 Å². The van der Waals surface area contributed by atoms with E-state index in [4.69, 9.17) is 0 Å². The Balaban J connectivity index is 1.29. The third-order valence-corrected chi connectivity index (χ3v) is 7.53. The summed E-state index contributed by atoms with van der Waals surface area (Å²) in [4.78, 5) is 8.14. The van der Waals surface area contributed by atoms with E-state index in [-0.39, 0.29) is 0 Å². The topological polar surface area (TPSA) is 9.72 Å². The molecule has 0 radical (unpaired) electrons. The van der Waals surface area contributed by atoms with E-state index in [0.29, 0.717) is 0 Å². The molecule has 2 aliphatic carbocycles. The van der Waals surface area contributed by atoms with E-state index in [2.05, 4.69) is 35.6 Å². The Morgan fingerprint density at radius 1 is 0.917 bits per heavy atom. The number of nitrogens with zero attached hydrogens (tertiary/aromatic N) is 3. The molecule has 0 N–H and O–H groups in total. The molecule has 0 spiro atoms. The lowest BCUT2D eigenvalue weighted by Crippen LogP contribution is -2.51. The third kappa shape index (κ3) is 3.83. The van der Waals surface area contributed by atoms with Gasteiger partial charge in [-0.05, 0) is 68.2 Å². The second-order valence-corrected chi connectivity index (χ2v) is 10.2. The molecule has 3 heteroatoms. The quantitative estimate of drug-likeness (QED) is 0.740. The van der Waals surface area contributed by atoms with Gasteiger partial charge in [-0.15, -0.1) is 0 Å². The molecule has 138 valence electrons. The van der Waals surface area contributed by atoms with Crippen LogP contribution in [0.3, 0.4) is 0 Å². The van der Waals surface area contributed by atoms with Crippen molar-refractivity contribution >= 4 is 0 Å². The highest BCUT2D eigenvalue weighted by Gasteiger charge is 2.48. The van der Waals surface area contributed by atoms with Gasteiger partial charge in [0.15, 0.2) is 0 Å². The molecule has 0 aromatic carbocycles. The van der Waals surface area contributed by atoms with Crippen LogP contribution >= 0.6 is 0 Å². The first-order chi connectivity index (χ1) is 11.5. The van der Waals surface area contributed by atoms with E-state index in [1.165, 1.54) is 84.5 Å². The van der Waals surface area contributed by atoms with Crippen molar-refractivity contribution in [3.63, 3.8) is 0 Å². The van der Waals surface area contributed by atoms with Crippen molar-refractivity contribution in [3.8, 4) is 0 Å². The molecule has 0 amide bonds. The van der Waals surface area contributed by atoms with Crippen molar-refractivity contribution in [2.24, 2.45) is 29.1 Å². The molecule has 0 aromatic heterocycles. The molecule has 2 bridgehead atoms. The SMILES string of the molecule is CC(C)CC1(CN2C[C@H]3CC[C@@H](C2)[C@@H]3CN2CCN(C)CC2)CC1. The van der Waals surface area contributed by atoms with Crippen LogP contribution in [0.2, 0.25) is 0 Å². The first-order valence-electron chi connectivity index (χ1n) is 10.7. The highest BCUT2D eigenvalue weighted by molar-refractivity contribution is 5.00. The molecular formula is C21H39N3. The number of rotatable bonds is 6. The van der Waals surface area contributed by atoms with Gasteiger partial charge < -0.3 is 14.7 Å². The van der Waals surface area contributed by atoms with Crippen LogP contribution in [0.4, 0.5) is 0 Å². The Morgan fingerprint density at radius 2 is 1.54 bits per heavy atom. The summed E-state index contributed by atoms with van der Waals surface area (Å²) < 4.78 is 0. The van der Waals surface area contributed by atoms with Gasteiger partial charge in [-0.1, -0.05) is 13.8 Å². The van der Waals surface area contributed by atoms with Crippen molar-refractivity contribution in [1.82, 2.24) is 14.7 Å². The van der Waals surface area contributed by atoms with Gasteiger partial charge in [-0.3, -0.25) is 0 Å². The Bertz CT molecular complexity index is 409. The zero-order valence-corrected chi connectivity index (χ0v) is 16.3. The highest BCUT2D eigenvalue weighted by atomic mass is 15.2. The Morgan fingerprint density at radius 3 is 2.08 bits per heavy atom. The molecule has 24 heavy (non-hydrogen) atoms. The number of piperazine rings is 1. The minimum Gasteiger partial charge on any atom is -0.304 e. The lowest BCUT2D eigenvalue weighted by Gasteiger charge is -2.43. The normalized spacial score (nSPS) is 37.2. The first kappa shape index (κ1) is 17.3. The number of likely N-dealkylation sites (N-methyl/N-ethyl adjacent to an activating group) is 1. The summed E-state index contributed by atoms with van der Waals surface area (Å²) in [6.45, 7) is 15.6. The van der Waals surface area contributed by atoms with E-state index >= 15 is 0 Å². The highest BCUT2D eigenvalue weighted by Crippen LogP contribution is 2.52. The molecule has 4 fully saturated rings. The Kier molecular flexibility index (Phi) is 4.96. The van der Waals surface area contributed by atoms with Gasteiger partial charge in [-0.25, -0.2) is 0 Å². The molecule has 2 heterocycles. The van der Waals surface area contributed by atoms with Crippen LogP contribution in [0, 0.1) is 29.1 Å². The van der Waals surface area contributed by atoms with Gasteiger partial charge in [0.2, 0.25) is 0 Å². The molecule has 3 nitrogen and oxygen atoms in total. The second-order valence-electron chi connectivity index (χ2n) is 10.2. The van der Waals surface area contributed by atoms with Crippen molar-refractivity contribution < 1.29 is 0 Å². The molecular weight excluding hydrogens is 294 g/mol. The Hall–Kier alpha value is -0.120. The molecule has 0 aromatic rings. The van der Waals surface area contributed by atoms with Gasteiger partial charge in [0, 0.05) is 52.4 Å². The van der Waals surface area contributed by atoms with Crippen molar-refractivity contribution in [2.75, 3.05) is 59.4 Å². The van der Waals surface area contributed by atoms with Crippen LogP contribution in [-0.2, 0) is 0 Å². The summed E-state index contributed by atoms with van der Waals surface area (Å²) in [5, 5.41) is 0. The lowest BCUT2D eigenvalue weighted by molar-refractivity contribution is 0.0502. The monoisotopic (exact) mass is 333 g/mol. The molecule has 2 saturated carbocycles. The summed E-state index contributed by atoms with van der Waals surface area (Å²) in [5.41, 5.74) is 0.720. The van der Waals surface area contributed by atoms with E-state index in [1.54, 1.807) is 0 Å². The smallest absolute Gasteiger partial charge is 0.0110 e. The number of likely N-dealkylation sites (tertiary alicyclic amines) is 1. The summed E-state index contributed by atoms with van der Waals surface area (Å²) in [5.74, 6) is 3.88. The zero-order chi connectivity index (χ0) is 16.7. The number of piperidine rings is 1. The van der Waals surface area contributed by atoms with Crippen molar-refractivity contribution in [1.29, 1.82) is 0 Å². The molecule has 2 saturated heterocycles. The van der Waals surface area contributed by atoms with Crippen LogP contribution in [0.25, 0.3) is 0 Å². The number of hydrogen-bond acceptors (Lipinski definition) is 3. The maximum Gasteiger partial charge on any atom is 0.0110 e. The third-order valence-electron chi connectivity index (χ3n) is 7.53. The number of hydrogen-bond donors (Lipinski definition) is 0. The number of fused-ring (bicyclic) bond motifs is 2. The van der Waals surface area contributed by atoms with E-state index in [0.717, 1.165) is 29.1 Å². The van der Waals surface area contributed by atoms with Gasteiger partial charge in [0.1, 0.15) is 0 Å². The summed E-state index contributed by atoms with van der Waals surface area (Å²) in [6.07, 6.45) is 7.49. The lowest BCUT2D eigenvalue weighted by atomic mass is 9.83. The molecule has 4 aliphatic rings. The van der Waals surface area contributed by atoms with Gasteiger partial charge in [-0.2, -0.15) is 0 Å². The summed E-state index contributed by atoms with van der Waals surface area (Å²) in [6, 6.07) is 0. The van der Waals surface area contributed by atoms with E-state index in [9.17, 15) is 0 Å². The predicted octanol–water partition coefficient (Wildman–Crippen LogP) is 3.02.